The molecule has 338 valence electrons. The Morgan fingerprint density at radius 1 is 0.559 bits per heavy atom. The number of hydrogen-bond donors (Lipinski definition) is 2. The smallest absolute Gasteiger partial charge is 0.266 e. The molecule has 4 heterocycles. The zero-order chi connectivity index (χ0) is 47.3. The number of amides is 2. The van der Waals surface area contributed by atoms with Gasteiger partial charge < -0.3 is 10.6 Å². The average molecular weight is 1050 g/mol. The van der Waals surface area contributed by atoms with Crippen molar-refractivity contribution in [1.29, 1.82) is 0 Å². The standard InChI is InChI=1S/C25H16Cl2N4O2S2.C23H14Cl2N4O2S2/c26-18-11-10-16(12-19(18)27)31-23(33)17-8-4-5-9-20(17)29-25(31)35-14-22(32)30-24-28-21(13-34-24)15-6-2-1-3-7-15;24-16-7-6-14(10-17(16)25)29-22(31)15-3-1-2-4-18(15)28-23(29)32-11-21(30)27-13-5-8-20-19(9-13)26-12-33-20/h1-13H,14H2,(H,28,30,32);1-10,12H,11H2,(H,27,30). The van der Waals surface area contributed by atoms with Crippen LogP contribution in [0.4, 0.5) is 10.8 Å². The first-order chi connectivity index (χ1) is 33.0. The van der Waals surface area contributed by atoms with Crippen molar-refractivity contribution in [2.45, 2.75) is 10.3 Å². The molecule has 0 fully saturated rings. The van der Waals surface area contributed by atoms with Crippen molar-refractivity contribution >= 4 is 147 Å². The number of thioether (sulfide) groups is 2. The summed E-state index contributed by atoms with van der Waals surface area (Å²) in [7, 11) is 0. The summed E-state index contributed by atoms with van der Waals surface area (Å²) < 4.78 is 3.94. The van der Waals surface area contributed by atoms with Crippen molar-refractivity contribution in [3.8, 4) is 22.6 Å². The van der Waals surface area contributed by atoms with Crippen molar-refractivity contribution in [3.05, 3.63) is 185 Å². The highest BCUT2D eigenvalue weighted by atomic mass is 35.5. The summed E-state index contributed by atoms with van der Waals surface area (Å²) in [5, 5.41) is 11.2. The molecule has 10 aromatic rings. The summed E-state index contributed by atoms with van der Waals surface area (Å²) in [6.07, 6.45) is 0. The number of benzene rings is 6. The third-order valence-corrected chi connectivity index (χ3v) is 14.8. The van der Waals surface area contributed by atoms with Gasteiger partial charge in [0.15, 0.2) is 15.4 Å². The van der Waals surface area contributed by atoms with E-state index < -0.39 is 0 Å². The Morgan fingerprint density at radius 3 is 1.68 bits per heavy atom. The van der Waals surface area contributed by atoms with Crippen LogP contribution in [0.1, 0.15) is 0 Å². The van der Waals surface area contributed by atoms with Crippen molar-refractivity contribution in [2.75, 3.05) is 22.1 Å². The van der Waals surface area contributed by atoms with Crippen LogP contribution >= 0.6 is 92.6 Å². The van der Waals surface area contributed by atoms with Gasteiger partial charge in [0.05, 0.1) is 86.2 Å². The fraction of sp³-hybridized carbons (Fsp3) is 0.0417. The van der Waals surface area contributed by atoms with Gasteiger partial charge in [-0.3, -0.25) is 28.3 Å². The van der Waals surface area contributed by atoms with Gasteiger partial charge in [-0.2, -0.15) is 0 Å². The summed E-state index contributed by atoms with van der Waals surface area (Å²) in [6, 6.07) is 39.3. The van der Waals surface area contributed by atoms with Crippen LogP contribution in [0.3, 0.4) is 0 Å². The maximum atomic E-state index is 13.3. The zero-order valence-corrected chi connectivity index (χ0v) is 41.0. The summed E-state index contributed by atoms with van der Waals surface area (Å²) in [5.41, 5.74) is 6.64. The Morgan fingerprint density at radius 2 is 1.10 bits per heavy atom. The SMILES string of the molecule is O=C(CSc1nc2ccccc2c(=O)n1-c1ccc(Cl)c(Cl)c1)Nc1ccc2scnc2c1.O=C(CSc1nc2ccccc2c(=O)n1-c1ccc(Cl)c(Cl)c1)Nc1nc(-c2ccccc2)cs1. The lowest BCUT2D eigenvalue weighted by Crippen LogP contribution is -2.23. The Hall–Kier alpha value is -6.08. The average Bonchev–Trinajstić information content (AvgIpc) is 4.03. The summed E-state index contributed by atoms with van der Waals surface area (Å²) in [5.74, 6) is -0.391. The van der Waals surface area contributed by atoms with E-state index in [-0.39, 0.29) is 34.4 Å². The molecule has 0 aliphatic heterocycles. The number of carbonyl (C=O) groups is 2. The van der Waals surface area contributed by atoms with Gasteiger partial charge >= 0.3 is 0 Å². The molecule has 2 amide bonds. The van der Waals surface area contributed by atoms with E-state index in [1.165, 1.54) is 31.8 Å². The molecule has 0 aliphatic carbocycles. The van der Waals surface area contributed by atoms with Crippen molar-refractivity contribution in [2.24, 2.45) is 0 Å². The van der Waals surface area contributed by atoms with Crippen molar-refractivity contribution in [1.82, 2.24) is 29.1 Å². The molecule has 0 saturated heterocycles. The molecule has 0 spiro atoms. The molecule has 6 aromatic carbocycles. The molecule has 12 nitrogen and oxygen atoms in total. The minimum atomic E-state index is -0.260. The van der Waals surface area contributed by atoms with E-state index in [0.29, 0.717) is 74.4 Å². The number of hydrogen-bond acceptors (Lipinski definition) is 12. The second-order valence-corrected chi connectivity index (χ2v) is 19.7. The van der Waals surface area contributed by atoms with E-state index >= 15 is 0 Å². The van der Waals surface area contributed by atoms with Gasteiger partial charge in [-0.1, -0.05) is 125 Å². The van der Waals surface area contributed by atoms with Crippen LogP contribution < -0.4 is 21.8 Å². The second kappa shape index (κ2) is 21.1. The van der Waals surface area contributed by atoms with E-state index in [9.17, 15) is 19.2 Å². The second-order valence-electron chi connectivity index (χ2n) is 14.4. The number of carbonyl (C=O) groups excluding carboxylic acids is 2. The van der Waals surface area contributed by atoms with Crippen molar-refractivity contribution < 1.29 is 9.59 Å². The van der Waals surface area contributed by atoms with Crippen LogP contribution in [-0.2, 0) is 9.59 Å². The topological polar surface area (TPSA) is 154 Å². The first-order valence-electron chi connectivity index (χ1n) is 20.1. The molecular weight excluding hydrogens is 1020 g/mol. The number of nitrogens with one attached hydrogen (secondary N) is 2. The Kier molecular flexibility index (Phi) is 14.6. The number of thiazole rings is 2. The monoisotopic (exact) mass is 1050 g/mol. The fourth-order valence-corrected chi connectivity index (χ4v) is 10.3. The van der Waals surface area contributed by atoms with Gasteiger partial charge in [0.1, 0.15) is 0 Å². The number of fused-ring (bicyclic) bond motifs is 3. The minimum Gasteiger partial charge on any atom is -0.325 e. The fourth-order valence-electron chi connectivity index (χ4n) is 6.74. The van der Waals surface area contributed by atoms with E-state index in [4.69, 9.17) is 46.4 Å². The Bertz CT molecular complexity index is 3660. The number of rotatable bonds is 11. The van der Waals surface area contributed by atoms with Crippen LogP contribution in [0.25, 0.3) is 54.7 Å². The molecule has 0 radical (unpaired) electrons. The normalized spacial score (nSPS) is 11.1. The molecule has 4 aromatic heterocycles. The van der Waals surface area contributed by atoms with Crippen LogP contribution in [0, 0.1) is 0 Å². The first kappa shape index (κ1) is 47.0. The van der Waals surface area contributed by atoms with Gasteiger partial charge in [0.25, 0.3) is 11.1 Å². The molecule has 20 heteroatoms. The van der Waals surface area contributed by atoms with E-state index in [2.05, 4.69) is 30.6 Å². The Labute approximate surface area is 423 Å². The largest absolute Gasteiger partial charge is 0.325 e. The molecule has 0 atom stereocenters. The number of para-hydroxylation sites is 2. The quantitative estimate of drug-likeness (QED) is 0.0945. The molecule has 2 N–H and O–H groups in total. The van der Waals surface area contributed by atoms with E-state index in [1.807, 2.05) is 66.0 Å². The molecular formula is C48H30Cl4N8O4S4. The number of aromatic nitrogens is 6. The number of halogens is 4. The number of nitrogens with zero attached hydrogens (tertiary/aromatic N) is 6. The van der Waals surface area contributed by atoms with Gasteiger partial charge in [-0.25, -0.2) is 19.9 Å². The third-order valence-electron chi connectivity index (χ3n) is 9.91. The maximum absolute atomic E-state index is 13.3. The van der Waals surface area contributed by atoms with Crippen LogP contribution in [0.2, 0.25) is 20.1 Å². The van der Waals surface area contributed by atoms with Crippen molar-refractivity contribution in [3.63, 3.8) is 0 Å². The van der Waals surface area contributed by atoms with Gasteiger partial charge in [-0.05, 0) is 78.9 Å². The molecule has 0 bridgehead atoms. The lowest BCUT2D eigenvalue weighted by Gasteiger charge is -2.14. The van der Waals surface area contributed by atoms with Gasteiger partial charge in [-0.15, -0.1) is 22.7 Å². The van der Waals surface area contributed by atoms with Crippen LogP contribution in [-0.4, -0.2) is 52.4 Å². The highest BCUT2D eigenvalue weighted by molar-refractivity contribution is 8.00. The number of anilines is 2. The van der Waals surface area contributed by atoms with Gasteiger partial charge in [0, 0.05) is 16.6 Å². The minimum absolute atomic E-state index is 0.0341. The maximum Gasteiger partial charge on any atom is 0.266 e. The molecule has 68 heavy (non-hydrogen) atoms. The molecule has 0 unspecified atom stereocenters. The van der Waals surface area contributed by atoms with Crippen LogP contribution in [0.15, 0.2) is 164 Å². The molecule has 0 saturated carbocycles. The lowest BCUT2D eigenvalue weighted by molar-refractivity contribution is -0.114. The summed E-state index contributed by atoms with van der Waals surface area (Å²) >= 11 is 29.7. The summed E-state index contributed by atoms with van der Waals surface area (Å²) in [6.45, 7) is 0. The van der Waals surface area contributed by atoms with E-state index in [0.717, 1.165) is 45.0 Å². The summed E-state index contributed by atoms with van der Waals surface area (Å²) in [4.78, 5) is 70.1. The predicted molar refractivity (Wildman–Crippen MR) is 281 cm³/mol. The highest BCUT2D eigenvalue weighted by Gasteiger charge is 2.18. The molecule has 10 rings (SSSR count). The predicted octanol–water partition coefficient (Wildman–Crippen LogP) is 12.6. The molecule has 0 aliphatic rings. The lowest BCUT2D eigenvalue weighted by atomic mass is 10.2. The van der Waals surface area contributed by atoms with E-state index in [1.54, 1.807) is 78.3 Å². The third kappa shape index (κ3) is 10.6. The zero-order valence-electron chi connectivity index (χ0n) is 34.7. The van der Waals surface area contributed by atoms with Gasteiger partial charge in [0.2, 0.25) is 11.8 Å². The van der Waals surface area contributed by atoms with Crippen LogP contribution in [0.5, 0.6) is 0 Å². The highest BCUT2D eigenvalue weighted by Crippen LogP contribution is 2.30. The Balaban J connectivity index is 0.000000170. The first-order valence-corrected chi connectivity index (χ1v) is 25.4.